The van der Waals surface area contributed by atoms with E-state index in [4.69, 9.17) is 0 Å². The number of amides is 1. The van der Waals surface area contributed by atoms with E-state index in [9.17, 15) is 4.79 Å². The largest absolute Gasteiger partial charge is 0.355 e. The van der Waals surface area contributed by atoms with Gasteiger partial charge in [0, 0.05) is 57.6 Å². The number of carbonyl (C=O) groups is 1. The molecule has 0 aliphatic carbocycles. The van der Waals surface area contributed by atoms with Gasteiger partial charge in [0.05, 0.1) is 0 Å². The van der Waals surface area contributed by atoms with Crippen LogP contribution in [0, 0.1) is 17.8 Å². The molecule has 1 aromatic heterocycles. The van der Waals surface area contributed by atoms with E-state index in [0.29, 0.717) is 0 Å². The first-order valence-electron chi connectivity index (χ1n) is 9.64. The van der Waals surface area contributed by atoms with Crippen molar-refractivity contribution in [3.8, 4) is 0 Å². The van der Waals surface area contributed by atoms with Crippen molar-refractivity contribution in [3.05, 3.63) is 18.5 Å². The molecule has 1 amide bonds. The number of nitrogens with one attached hydrogen (secondary N) is 1. The molecule has 2 atom stereocenters. The SMILES string of the molecule is C[C@H]1C[C@H](C)CN(CCNC(=O)C2CCN(c3ncccn3)CC2)C1. The van der Waals surface area contributed by atoms with Gasteiger partial charge in [0.1, 0.15) is 0 Å². The van der Waals surface area contributed by atoms with Crippen LogP contribution < -0.4 is 10.2 Å². The van der Waals surface area contributed by atoms with Crippen molar-refractivity contribution in [2.75, 3.05) is 44.2 Å². The molecule has 138 valence electrons. The molecule has 1 N–H and O–H groups in total. The second-order valence-corrected chi connectivity index (χ2v) is 7.81. The highest BCUT2D eigenvalue weighted by atomic mass is 16.1. The Bertz CT molecular complexity index is 534. The van der Waals surface area contributed by atoms with Gasteiger partial charge in [-0.1, -0.05) is 13.8 Å². The molecule has 0 unspecified atom stereocenters. The van der Waals surface area contributed by atoms with Gasteiger partial charge in [0.2, 0.25) is 11.9 Å². The summed E-state index contributed by atoms with van der Waals surface area (Å²) in [6, 6.07) is 1.83. The van der Waals surface area contributed by atoms with Crippen molar-refractivity contribution in [1.29, 1.82) is 0 Å². The Balaban J connectivity index is 1.37. The molecule has 0 radical (unpaired) electrons. The van der Waals surface area contributed by atoms with Crippen LogP contribution in [-0.2, 0) is 4.79 Å². The van der Waals surface area contributed by atoms with E-state index in [-0.39, 0.29) is 11.8 Å². The van der Waals surface area contributed by atoms with E-state index in [0.717, 1.165) is 69.9 Å². The molecule has 1 aromatic rings. The lowest BCUT2D eigenvalue weighted by atomic mass is 9.92. The van der Waals surface area contributed by atoms with Gasteiger partial charge < -0.3 is 15.1 Å². The molecule has 2 fully saturated rings. The highest BCUT2D eigenvalue weighted by Crippen LogP contribution is 2.21. The van der Waals surface area contributed by atoms with Crippen LogP contribution in [-0.4, -0.2) is 60.0 Å². The summed E-state index contributed by atoms with van der Waals surface area (Å²) in [5, 5.41) is 3.15. The number of nitrogens with zero attached hydrogens (tertiary/aromatic N) is 4. The Hall–Kier alpha value is -1.69. The smallest absolute Gasteiger partial charge is 0.225 e. The predicted octanol–water partition coefficient (Wildman–Crippen LogP) is 1.79. The van der Waals surface area contributed by atoms with Crippen LogP contribution in [0.4, 0.5) is 5.95 Å². The summed E-state index contributed by atoms with van der Waals surface area (Å²) >= 11 is 0. The van der Waals surface area contributed by atoms with Crippen LogP contribution in [0.25, 0.3) is 0 Å². The number of hydrogen-bond donors (Lipinski definition) is 1. The van der Waals surface area contributed by atoms with Gasteiger partial charge in [-0.05, 0) is 37.2 Å². The number of carbonyl (C=O) groups excluding carboxylic acids is 1. The number of piperidine rings is 2. The minimum atomic E-state index is 0.124. The molecule has 0 spiro atoms. The first-order valence-corrected chi connectivity index (χ1v) is 9.64. The summed E-state index contributed by atoms with van der Waals surface area (Å²) in [7, 11) is 0. The van der Waals surface area contributed by atoms with Crippen LogP contribution in [0.1, 0.15) is 33.1 Å². The quantitative estimate of drug-likeness (QED) is 0.881. The molecular formula is C19H31N5O. The summed E-state index contributed by atoms with van der Waals surface area (Å²) in [4.78, 5) is 25.7. The maximum atomic E-state index is 12.4. The number of aromatic nitrogens is 2. The Kier molecular flexibility index (Phi) is 6.24. The Labute approximate surface area is 151 Å². The molecule has 2 saturated heterocycles. The van der Waals surface area contributed by atoms with Gasteiger partial charge in [0.15, 0.2) is 0 Å². The zero-order chi connectivity index (χ0) is 17.6. The van der Waals surface area contributed by atoms with Gasteiger partial charge in [-0.2, -0.15) is 0 Å². The molecule has 3 rings (SSSR count). The molecule has 0 saturated carbocycles. The first-order chi connectivity index (χ1) is 12.1. The topological polar surface area (TPSA) is 61.4 Å². The summed E-state index contributed by atoms with van der Waals surface area (Å²) in [5.41, 5.74) is 0. The fraction of sp³-hybridized carbons (Fsp3) is 0.737. The third-order valence-corrected chi connectivity index (χ3v) is 5.37. The highest BCUT2D eigenvalue weighted by Gasteiger charge is 2.26. The Morgan fingerprint density at radius 3 is 2.44 bits per heavy atom. The van der Waals surface area contributed by atoms with Gasteiger partial charge in [-0.15, -0.1) is 0 Å². The lowest BCUT2D eigenvalue weighted by Crippen LogP contribution is -2.45. The molecule has 3 heterocycles. The number of likely N-dealkylation sites (tertiary alicyclic amines) is 1. The number of anilines is 1. The van der Waals surface area contributed by atoms with Gasteiger partial charge in [-0.3, -0.25) is 4.79 Å². The molecule has 6 heteroatoms. The fourth-order valence-electron chi connectivity index (χ4n) is 4.25. The van der Waals surface area contributed by atoms with Gasteiger partial charge in [-0.25, -0.2) is 9.97 Å². The fourth-order valence-corrected chi connectivity index (χ4v) is 4.25. The normalized spacial score (nSPS) is 25.8. The number of hydrogen-bond acceptors (Lipinski definition) is 5. The van der Waals surface area contributed by atoms with Gasteiger partial charge >= 0.3 is 0 Å². The van der Waals surface area contributed by atoms with Crippen LogP contribution in [0.15, 0.2) is 18.5 Å². The average molecular weight is 345 g/mol. The van der Waals surface area contributed by atoms with Crippen molar-refractivity contribution >= 4 is 11.9 Å². The van der Waals surface area contributed by atoms with Gasteiger partial charge in [0.25, 0.3) is 0 Å². The van der Waals surface area contributed by atoms with Crippen molar-refractivity contribution < 1.29 is 4.79 Å². The Morgan fingerprint density at radius 2 is 1.80 bits per heavy atom. The highest BCUT2D eigenvalue weighted by molar-refractivity contribution is 5.78. The van der Waals surface area contributed by atoms with Crippen molar-refractivity contribution in [2.45, 2.75) is 33.1 Å². The zero-order valence-electron chi connectivity index (χ0n) is 15.5. The molecule has 2 aliphatic rings. The standard InChI is InChI=1S/C19H31N5O/c1-15-12-16(2)14-23(13-15)11-8-20-18(25)17-4-9-24(10-5-17)19-21-6-3-7-22-19/h3,6-7,15-17H,4-5,8-14H2,1-2H3,(H,20,25)/t15-,16-/m0/s1. The van der Waals surface area contributed by atoms with E-state index < -0.39 is 0 Å². The lowest BCUT2D eigenvalue weighted by Gasteiger charge is -2.35. The second kappa shape index (κ2) is 8.61. The second-order valence-electron chi connectivity index (χ2n) is 7.81. The monoisotopic (exact) mass is 345 g/mol. The molecule has 25 heavy (non-hydrogen) atoms. The number of rotatable bonds is 5. The van der Waals surface area contributed by atoms with Crippen LogP contribution >= 0.6 is 0 Å². The maximum Gasteiger partial charge on any atom is 0.225 e. The maximum absolute atomic E-state index is 12.4. The third kappa shape index (κ3) is 5.14. The van der Waals surface area contributed by atoms with E-state index in [1.807, 2.05) is 6.07 Å². The van der Waals surface area contributed by atoms with Crippen molar-refractivity contribution in [2.24, 2.45) is 17.8 Å². The summed E-state index contributed by atoms with van der Waals surface area (Å²) in [6.45, 7) is 10.4. The van der Waals surface area contributed by atoms with Crippen molar-refractivity contribution in [1.82, 2.24) is 20.2 Å². The van der Waals surface area contributed by atoms with E-state index in [1.54, 1.807) is 12.4 Å². The molecular weight excluding hydrogens is 314 g/mol. The average Bonchev–Trinajstić information content (AvgIpc) is 2.62. The van der Waals surface area contributed by atoms with Crippen LogP contribution in [0.5, 0.6) is 0 Å². The zero-order valence-corrected chi connectivity index (χ0v) is 15.5. The molecule has 2 aliphatic heterocycles. The van der Waals surface area contributed by atoms with E-state index >= 15 is 0 Å². The minimum Gasteiger partial charge on any atom is -0.355 e. The summed E-state index contributed by atoms with van der Waals surface area (Å²) in [6.07, 6.45) is 6.61. The summed E-state index contributed by atoms with van der Waals surface area (Å²) < 4.78 is 0. The minimum absolute atomic E-state index is 0.124. The first kappa shape index (κ1) is 18.1. The lowest BCUT2D eigenvalue weighted by molar-refractivity contribution is -0.125. The summed E-state index contributed by atoms with van der Waals surface area (Å²) in [5.74, 6) is 2.65. The molecule has 6 nitrogen and oxygen atoms in total. The van der Waals surface area contributed by atoms with Crippen LogP contribution in [0.2, 0.25) is 0 Å². The molecule has 0 aromatic carbocycles. The van der Waals surface area contributed by atoms with E-state index in [2.05, 4.69) is 38.9 Å². The van der Waals surface area contributed by atoms with E-state index in [1.165, 1.54) is 6.42 Å². The Morgan fingerprint density at radius 1 is 1.16 bits per heavy atom. The van der Waals surface area contributed by atoms with Crippen molar-refractivity contribution in [3.63, 3.8) is 0 Å². The van der Waals surface area contributed by atoms with Crippen LogP contribution in [0.3, 0.4) is 0 Å². The molecule has 0 bridgehead atoms. The predicted molar refractivity (Wildman–Crippen MR) is 99.4 cm³/mol. The third-order valence-electron chi connectivity index (χ3n) is 5.37.